The van der Waals surface area contributed by atoms with E-state index in [1.165, 1.54) is 0 Å². The topological polar surface area (TPSA) is 176 Å². The zero-order chi connectivity index (χ0) is 20.1. The molecule has 7 N–H and O–H groups in total. The molecule has 1 aliphatic rings. The van der Waals surface area contributed by atoms with E-state index in [2.05, 4.69) is 9.62 Å². The second-order valence-electron chi connectivity index (χ2n) is 6.25. The molecule has 12 heteroatoms. The molecule has 0 heterocycles. The van der Waals surface area contributed by atoms with E-state index in [0.29, 0.717) is 13.1 Å². The normalized spacial score (nSPS) is 18.8. The van der Waals surface area contributed by atoms with Crippen molar-refractivity contribution in [3.63, 3.8) is 0 Å². The van der Waals surface area contributed by atoms with Gasteiger partial charge in [-0.3, -0.25) is 9.11 Å². The molecule has 0 fully saturated rings. The van der Waals surface area contributed by atoms with Crippen LogP contribution in [0.25, 0.3) is 0 Å². The molecule has 0 bridgehead atoms. The number of sulfonamides is 1. The molecule has 0 saturated carbocycles. The molecule has 0 spiro atoms. The summed E-state index contributed by atoms with van der Waals surface area (Å²) in [6, 6.07) is 0. The fourth-order valence-corrected chi connectivity index (χ4v) is 2.48. The Hall–Kier alpha value is -1.02. The standard InChI is InChI=1S/C13H26N4O2S.H2O4S/c1-5-17(9-8-16-20(4,18)19)11-6-7-13(14,15)12(2,3)10-11;1-5(2,3)4/h6-7,10,16H,5,8-9,14-15H2,1-4H3;(H2,1,2,3,4). The number of hydrogen-bond donors (Lipinski definition) is 5. The predicted octanol–water partition coefficient (Wildman–Crippen LogP) is -0.702. The number of nitrogens with two attached hydrogens (primary N) is 2. The number of nitrogens with zero attached hydrogens (tertiary/aromatic N) is 1. The summed E-state index contributed by atoms with van der Waals surface area (Å²) in [5, 5.41) is 0. The smallest absolute Gasteiger partial charge is 0.371 e. The van der Waals surface area contributed by atoms with E-state index in [9.17, 15) is 8.42 Å². The predicted molar refractivity (Wildman–Crippen MR) is 96.4 cm³/mol. The summed E-state index contributed by atoms with van der Waals surface area (Å²) in [4.78, 5) is 2.09. The maximum Gasteiger partial charge on any atom is 0.394 e. The summed E-state index contributed by atoms with van der Waals surface area (Å²) in [5.41, 5.74) is 11.9. The molecule has 1 aliphatic carbocycles. The van der Waals surface area contributed by atoms with Gasteiger partial charge < -0.3 is 16.4 Å². The Labute approximate surface area is 149 Å². The zero-order valence-electron chi connectivity index (χ0n) is 14.8. The lowest BCUT2D eigenvalue weighted by Gasteiger charge is -2.41. The molecule has 25 heavy (non-hydrogen) atoms. The van der Waals surface area contributed by atoms with Crippen molar-refractivity contribution in [1.29, 1.82) is 0 Å². The van der Waals surface area contributed by atoms with E-state index < -0.39 is 26.1 Å². The van der Waals surface area contributed by atoms with E-state index in [4.69, 9.17) is 29.0 Å². The van der Waals surface area contributed by atoms with Gasteiger partial charge in [-0.2, -0.15) is 8.42 Å². The van der Waals surface area contributed by atoms with E-state index >= 15 is 0 Å². The van der Waals surface area contributed by atoms with Crippen molar-refractivity contribution < 1.29 is 25.9 Å². The Balaban J connectivity index is 0.00000101. The van der Waals surface area contributed by atoms with Crippen LogP contribution in [-0.4, -0.2) is 62.4 Å². The van der Waals surface area contributed by atoms with Gasteiger partial charge in [0.2, 0.25) is 10.0 Å². The third-order valence-electron chi connectivity index (χ3n) is 3.65. The number of likely N-dealkylation sites (N-methyl/N-ethyl adjacent to an activating group) is 1. The molecule has 0 unspecified atom stereocenters. The van der Waals surface area contributed by atoms with Gasteiger partial charge in [-0.05, 0) is 19.1 Å². The van der Waals surface area contributed by atoms with Gasteiger partial charge in [0.1, 0.15) is 0 Å². The van der Waals surface area contributed by atoms with Crippen LogP contribution in [0.3, 0.4) is 0 Å². The third-order valence-corrected chi connectivity index (χ3v) is 4.38. The quantitative estimate of drug-likeness (QED) is 0.285. The molecule has 0 atom stereocenters. The molecule has 0 aromatic carbocycles. The molecule has 0 aromatic heterocycles. The lowest BCUT2D eigenvalue weighted by atomic mass is 9.76. The van der Waals surface area contributed by atoms with Crippen LogP contribution in [0, 0.1) is 5.41 Å². The molecule has 0 radical (unpaired) electrons. The highest BCUT2D eigenvalue weighted by Gasteiger charge is 2.37. The minimum atomic E-state index is -4.67. The molecule has 1 rings (SSSR count). The monoisotopic (exact) mass is 400 g/mol. The first kappa shape index (κ1) is 24.0. The van der Waals surface area contributed by atoms with Crippen LogP contribution in [0.4, 0.5) is 0 Å². The first-order valence-corrected chi connectivity index (χ1v) is 10.7. The first-order valence-electron chi connectivity index (χ1n) is 7.38. The van der Waals surface area contributed by atoms with Gasteiger partial charge in [-0.15, -0.1) is 0 Å². The van der Waals surface area contributed by atoms with Gasteiger partial charge in [0.15, 0.2) is 0 Å². The second-order valence-corrected chi connectivity index (χ2v) is 8.98. The Bertz CT molecular complexity index is 703. The molecule has 0 aromatic rings. The van der Waals surface area contributed by atoms with E-state index in [1.807, 2.05) is 32.9 Å². The summed E-state index contributed by atoms with van der Waals surface area (Å²) in [7, 11) is -7.82. The number of allylic oxidation sites excluding steroid dienone is 1. The first-order chi connectivity index (χ1) is 11.0. The van der Waals surface area contributed by atoms with E-state index in [-0.39, 0.29) is 5.41 Å². The molecule has 0 aliphatic heterocycles. The zero-order valence-corrected chi connectivity index (χ0v) is 16.4. The summed E-state index contributed by atoms with van der Waals surface area (Å²) in [6.45, 7) is 7.74. The van der Waals surface area contributed by atoms with Crippen LogP contribution in [0.1, 0.15) is 20.8 Å². The minimum Gasteiger partial charge on any atom is -0.371 e. The lowest BCUT2D eigenvalue weighted by molar-refractivity contribution is 0.271. The summed E-state index contributed by atoms with van der Waals surface area (Å²) < 4.78 is 56.2. The van der Waals surface area contributed by atoms with Gasteiger partial charge in [0.05, 0.1) is 11.9 Å². The Morgan fingerprint density at radius 3 is 2.04 bits per heavy atom. The molecular formula is C13H28N4O6S2. The van der Waals surface area contributed by atoms with Crippen LogP contribution in [0.5, 0.6) is 0 Å². The maximum absolute atomic E-state index is 11.1. The minimum absolute atomic E-state index is 0.366. The van der Waals surface area contributed by atoms with Gasteiger partial charge >= 0.3 is 10.4 Å². The maximum atomic E-state index is 11.1. The number of rotatable bonds is 6. The average molecular weight is 401 g/mol. The van der Waals surface area contributed by atoms with Crippen LogP contribution >= 0.6 is 0 Å². The molecule has 148 valence electrons. The van der Waals surface area contributed by atoms with Crippen molar-refractivity contribution in [3.8, 4) is 0 Å². The van der Waals surface area contributed by atoms with Gasteiger partial charge in [0.25, 0.3) is 0 Å². The van der Waals surface area contributed by atoms with Crippen molar-refractivity contribution in [3.05, 3.63) is 23.9 Å². The van der Waals surface area contributed by atoms with Crippen molar-refractivity contribution in [2.24, 2.45) is 16.9 Å². The van der Waals surface area contributed by atoms with Crippen LogP contribution in [-0.2, 0) is 20.4 Å². The molecule has 0 saturated heterocycles. The van der Waals surface area contributed by atoms with Crippen molar-refractivity contribution >= 4 is 20.4 Å². The largest absolute Gasteiger partial charge is 0.394 e. The summed E-state index contributed by atoms with van der Waals surface area (Å²) in [6.07, 6.45) is 6.89. The molecule has 10 nitrogen and oxygen atoms in total. The Morgan fingerprint density at radius 2 is 1.68 bits per heavy atom. The van der Waals surface area contributed by atoms with Crippen LogP contribution < -0.4 is 16.2 Å². The van der Waals surface area contributed by atoms with Gasteiger partial charge in [-0.1, -0.05) is 19.9 Å². The summed E-state index contributed by atoms with van der Waals surface area (Å²) >= 11 is 0. The van der Waals surface area contributed by atoms with Crippen molar-refractivity contribution in [1.82, 2.24) is 9.62 Å². The fraction of sp³-hybridized carbons (Fsp3) is 0.692. The summed E-state index contributed by atoms with van der Waals surface area (Å²) in [5.74, 6) is 0. The van der Waals surface area contributed by atoms with Crippen LogP contribution in [0.2, 0.25) is 0 Å². The SMILES string of the molecule is CCN(CCNS(C)(=O)=O)C1=CC(C)(C)C(N)(N)C=C1.O=S(=O)(O)O. The molecule has 0 amide bonds. The highest BCUT2D eigenvalue weighted by Crippen LogP contribution is 2.33. The lowest BCUT2D eigenvalue weighted by Crippen LogP contribution is -2.59. The fourth-order valence-electron chi connectivity index (χ4n) is 2.01. The Morgan fingerprint density at radius 1 is 1.20 bits per heavy atom. The van der Waals surface area contributed by atoms with Gasteiger partial charge in [0, 0.05) is 30.7 Å². The van der Waals surface area contributed by atoms with E-state index in [0.717, 1.165) is 18.5 Å². The molecular weight excluding hydrogens is 372 g/mol. The third kappa shape index (κ3) is 9.89. The number of nitrogens with one attached hydrogen (secondary N) is 1. The second kappa shape index (κ2) is 8.58. The highest BCUT2D eigenvalue weighted by atomic mass is 32.3. The average Bonchev–Trinajstić information content (AvgIpc) is 2.35. The Kier molecular flexibility index (Phi) is 8.23. The van der Waals surface area contributed by atoms with Crippen LogP contribution in [0.15, 0.2) is 23.9 Å². The highest BCUT2D eigenvalue weighted by molar-refractivity contribution is 7.88. The van der Waals surface area contributed by atoms with E-state index in [1.54, 1.807) is 6.08 Å². The number of hydrogen-bond acceptors (Lipinski definition) is 7. The van der Waals surface area contributed by atoms with Crippen molar-refractivity contribution in [2.75, 3.05) is 25.9 Å². The van der Waals surface area contributed by atoms with Crippen molar-refractivity contribution in [2.45, 2.75) is 26.4 Å². The van der Waals surface area contributed by atoms with Gasteiger partial charge in [-0.25, -0.2) is 13.1 Å².